The number of nitrogens with two attached hydrogens (primary N) is 1. The zero-order valence-electron chi connectivity index (χ0n) is 10.4. The van der Waals surface area contributed by atoms with Crippen LogP contribution >= 0.6 is 34.3 Å². The van der Waals surface area contributed by atoms with Crippen molar-refractivity contribution >= 4 is 50.2 Å². The van der Waals surface area contributed by atoms with E-state index in [9.17, 15) is 13.2 Å². The number of rotatable bonds is 4. The van der Waals surface area contributed by atoms with Gasteiger partial charge in [-0.25, -0.2) is 13.6 Å². The fourth-order valence-corrected chi connectivity index (χ4v) is 4.26. The van der Waals surface area contributed by atoms with Gasteiger partial charge in [-0.05, 0) is 18.2 Å². The van der Waals surface area contributed by atoms with Crippen molar-refractivity contribution in [2.75, 3.05) is 7.05 Å². The van der Waals surface area contributed by atoms with E-state index in [1.165, 1.54) is 27.7 Å². The summed E-state index contributed by atoms with van der Waals surface area (Å²) in [6, 6.07) is 4.91. The summed E-state index contributed by atoms with van der Waals surface area (Å²) in [5.41, 5.74) is 0.309. The highest BCUT2D eigenvalue weighted by Gasteiger charge is 2.18. The summed E-state index contributed by atoms with van der Waals surface area (Å²) in [6.07, 6.45) is 0. The van der Waals surface area contributed by atoms with Crippen molar-refractivity contribution in [3.8, 4) is 0 Å². The molecular weight excluding hydrogens is 340 g/mol. The predicted octanol–water partition coefficient (Wildman–Crippen LogP) is 2.38. The predicted molar refractivity (Wildman–Crippen MR) is 80.8 cm³/mol. The molecule has 2 N–H and O–H groups in total. The molecule has 5 nitrogen and oxygen atoms in total. The minimum Gasteiger partial charge on any atom is -0.337 e. The van der Waals surface area contributed by atoms with Crippen LogP contribution in [0.25, 0.3) is 0 Å². The Morgan fingerprint density at radius 1 is 1.45 bits per heavy atom. The Bertz CT molecular complexity index is 736. The van der Waals surface area contributed by atoms with Gasteiger partial charge in [0.15, 0.2) is 0 Å². The maximum absolute atomic E-state index is 12.2. The van der Waals surface area contributed by atoms with Crippen LogP contribution in [0.4, 0.5) is 0 Å². The monoisotopic (exact) mass is 350 g/mol. The van der Waals surface area contributed by atoms with Gasteiger partial charge in [0.1, 0.15) is 4.21 Å². The number of hydrogen-bond acceptors (Lipinski definition) is 5. The van der Waals surface area contributed by atoms with Crippen molar-refractivity contribution in [1.82, 2.24) is 4.90 Å². The molecule has 2 rings (SSSR count). The molecule has 0 aliphatic rings. The van der Waals surface area contributed by atoms with Gasteiger partial charge in [0.25, 0.3) is 5.91 Å². The number of carbonyl (C=O) groups is 1. The summed E-state index contributed by atoms with van der Waals surface area (Å²) < 4.78 is 23.0. The molecule has 0 aliphatic heterocycles. The molecule has 0 bridgehead atoms. The van der Waals surface area contributed by atoms with Crippen LogP contribution in [-0.4, -0.2) is 26.3 Å². The third-order valence-corrected chi connectivity index (χ3v) is 6.07. The molecule has 2 aromatic heterocycles. The minimum atomic E-state index is -3.76. The largest absolute Gasteiger partial charge is 0.337 e. The standard InChI is InChI=1S/C11H11ClN2O3S3/c1-14(5-8-2-3-9(12)19-8)11(15)7-4-10(18-6-7)20(13,16)17/h2-4,6H,5H2,1H3,(H2,13,16,17). The Balaban J connectivity index is 2.12. The number of thiophene rings is 2. The Kier molecular flexibility index (Phi) is 4.50. The first kappa shape index (κ1) is 15.5. The molecule has 0 aromatic carbocycles. The number of hydrogen-bond donors (Lipinski definition) is 1. The average molecular weight is 351 g/mol. The summed E-state index contributed by atoms with van der Waals surface area (Å²) in [5.74, 6) is -0.263. The van der Waals surface area contributed by atoms with E-state index in [2.05, 4.69) is 0 Å². The van der Waals surface area contributed by atoms with E-state index >= 15 is 0 Å². The highest BCUT2D eigenvalue weighted by atomic mass is 35.5. The van der Waals surface area contributed by atoms with Crippen molar-refractivity contribution in [2.24, 2.45) is 5.14 Å². The number of amides is 1. The maximum atomic E-state index is 12.2. The van der Waals surface area contributed by atoms with Gasteiger partial charge in [0.2, 0.25) is 10.0 Å². The molecule has 9 heteroatoms. The van der Waals surface area contributed by atoms with E-state index in [1.54, 1.807) is 13.1 Å². The van der Waals surface area contributed by atoms with E-state index in [1.807, 2.05) is 6.07 Å². The molecule has 1 amide bonds. The Labute approximate surface area is 129 Å². The maximum Gasteiger partial charge on any atom is 0.254 e. The van der Waals surface area contributed by atoms with Gasteiger partial charge in [-0.3, -0.25) is 4.79 Å². The van der Waals surface area contributed by atoms with Gasteiger partial charge < -0.3 is 4.90 Å². The fraction of sp³-hybridized carbons (Fsp3) is 0.182. The summed E-state index contributed by atoms with van der Waals surface area (Å²) >= 11 is 8.16. The van der Waals surface area contributed by atoms with E-state index in [0.717, 1.165) is 16.2 Å². The molecule has 0 saturated heterocycles. The third kappa shape index (κ3) is 3.58. The van der Waals surface area contributed by atoms with Crippen LogP contribution in [0, 0.1) is 0 Å². The molecule has 108 valence electrons. The van der Waals surface area contributed by atoms with Gasteiger partial charge in [0, 0.05) is 17.3 Å². The molecule has 0 unspecified atom stereocenters. The van der Waals surface area contributed by atoms with Crippen LogP contribution in [0.5, 0.6) is 0 Å². The first-order valence-corrected chi connectivity index (χ1v) is 9.00. The first-order valence-electron chi connectivity index (χ1n) is 5.38. The lowest BCUT2D eigenvalue weighted by molar-refractivity contribution is 0.0787. The lowest BCUT2D eigenvalue weighted by Gasteiger charge is -2.15. The van der Waals surface area contributed by atoms with Crippen LogP contribution in [0.15, 0.2) is 27.8 Å². The van der Waals surface area contributed by atoms with E-state index < -0.39 is 10.0 Å². The van der Waals surface area contributed by atoms with Gasteiger partial charge in [-0.1, -0.05) is 11.6 Å². The Hall–Kier alpha value is -0.930. The first-order chi connectivity index (χ1) is 9.27. The number of nitrogens with zero attached hydrogens (tertiary/aromatic N) is 1. The molecule has 0 saturated carbocycles. The second kappa shape index (κ2) is 5.82. The fourth-order valence-electron chi connectivity index (χ4n) is 1.54. The highest BCUT2D eigenvalue weighted by molar-refractivity contribution is 7.91. The Morgan fingerprint density at radius 3 is 2.65 bits per heavy atom. The lowest BCUT2D eigenvalue weighted by Crippen LogP contribution is -2.25. The van der Waals surface area contributed by atoms with E-state index in [4.69, 9.17) is 16.7 Å². The number of carbonyl (C=O) groups excluding carboxylic acids is 1. The second-order valence-electron chi connectivity index (χ2n) is 4.07. The summed E-state index contributed by atoms with van der Waals surface area (Å²) in [4.78, 5) is 14.6. The lowest BCUT2D eigenvalue weighted by atomic mass is 10.3. The average Bonchev–Trinajstić information content (AvgIpc) is 2.96. The van der Waals surface area contributed by atoms with Crippen molar-refractivity contribution < 1.29 is 13.2 Å². The normalized spacial score (nSPS) is 11.6. The molecule has 0 radical (unpaired) electrons. The number of halogens is 1. The van der Waals surface area contributed by atoms with Crippen LogP contribution in [0.2, 0.25) is 4.34 Å². The van der Waals surface area contributed by atoms with Crippen LogP contribution in [-0.2, 0) is 16.6 Å². The van der Waals surface area contributed by atoms with Gasteiger partial charge in [-0.15, -0.1) is 22.7 Å². The molecule has 0 fully saturated rings. The second-order valence-corrected chi connectivity index (χ2v) is 8.57. The van der Waals surface area contributed by atoms with Gasteiger partial charge in [0.05, 0.1) is 16.4 Å². The van der Waals surface area contributed by atoms with Gasteiger partial charge in [-0.2, -0.15) is 0 Å². The zero-order valence-corrected chi connectivity index (χ0v) is 13.6. The number of primary sulfonamides is 1. The van der Waals surface area contributed by atoms with Crippen molar-refractivity contribution in [3.63, 3.8) is 0 Å². The molecule has 2 heterocycles. The van der Waals surface area contributed by atoms with E-state index in [0.29, 0.717) is 16.4 Å². The van der Waals surface area contributed by atoms with Crippen molar-refractivity contribution in [2.45, 2.75) is 10.8 Å². The molecular formula is C11H11ClN2O3S3. The summed E-state index contributed by atoms with van der Waals surface area (Å²) in [6.45, 7) is 0.413. The molecule has 2 aromatic rings. The van der Waals surface area contributed by atoms with Crippen LogP contribution in [0.3, 0.4) is 0 Å². The van der Waals surface area contributed by atoms with Crippen LogP contribution in [0.1, 0.15) is 15.2 Å². The van der Waals surface area contributed by atoms with E-state index in [-0.39, 0.29) is 10.1 Å². The molecule has 0 spiro atoms. The minimum absolute atomic E-state index is 0.0200. The third-order valence-electron chi connectivity index (χ3n) is 2.47. The Morgan fingerprint density at radius 2 is 2.15 bits per heavy atom. The topological polar surface area (TPSA) is 80.5 Å². The SMILES string of the molecule is CN(Cc1ccc(Cl)s1)C(=O)c1csc(S(N)(=O)=O)c1. The summed E-state index contributed by atoms with van der Waals surface area (Å²) in [5, 5.41) is 6.50. The zero-order chi connectivity index (χ0) is 14.9. The molecule has 0 aliphatic carbocycles. The number of sulfonamides is 1. The smallest absolute Gasteiger partial charge is 0.254 e. The summed E-state index contributed by atoms with van der Waals surface area (Å²) in [7, 11) is -2.12. The van der Waals surface area contributed by atoms with Crippen LogP contribution < -0.4 is 5.14 Å². The van der Waals surface area contributed by atoms with Crippen molar-refractivity contribution in [3.05, 3.63) is 38.4 Å². The quantitative estimate of drug-likeness (QED) is 0.919. The molecule has 0 atom stereocenters. The molecule has 20 heavy (non-hydrogen) atoms. The van der Waals surface area contributed by atoms with Gasteiger partial charge >= 0.3 is 0 Å². The van der Waals surface area contributed by atoms with Crippen molar-refractivity contribution in [1.29, 1.82) is 0 Å². The highest BCUT2D eigenvalue weighted by Crippen LogP contribution is 2.24.